The maximum atomic E-state index is 9.94. The highest BCUT2D eigenvalue weighted by molar-refractivity contribution is 5.43. The topological polar surface area (TPSA) is 41.9 Å². The number of aliphatic hydroxyl groups is 1. The molecule has 4 heteroatoms. The smallest absolute Gasteiger partial charge is 0.161 e. The Balaban J connectivity index is 2.89. The van der Waals surface area contributed by atoms with Crippen LogP contribution in [0.1, 0.15) is 11.7 Å². The third-order valence-corrected chi connectivity index (χ3v) is 2.33. The van der Waals surface area contributed by atoms with Crippen LogP contribution in [-0.2, 0) is 0 Å². The van der Waals surface area contributed by atoms with Gasteiger partial charge in [0, 0.05) is 6.54 Å². The lowest BCUT2D eigenvalue weighted by atomic mass is 10.1. The minimum Gasteiger partial charge on any atom is -0.493 e. The van der Waals surface area contributed by atoms with Crippen molar-refractivity contribution in [2.75, 3.05) is 34.9 Å². The number of benzene rings is 1. The van der Waals surface area contributed by atoms with Gasteiger partial charge in [-0.1, -0.05) is 6.07 Å². The third-order valence-electron chi connectivity index (χ3n) is 2.33. The fourth-order valence-electron chi connectivity index (χ4n) is 1.51. The van der Waals surface area contributed by atoms with Crippen LogP contribution in [0.3, 0.4) is 0 Å². The van der Waals surface area contributed by atoms with Gasteiger partial charge in [0.15, 0.2) is 11.5 Å². The summed E-state index contributed by atoms with van der Waals surface area (Å²) in [7, 11) is 7.02. The molecule has 0 aliphatic carbocycles. The minimum atomic E-state index is -0.519. The molecule has 0 saturated carbocycles. The van der Waals surface area contributed by atoms with E-state index >= 15 is 0 Å². The summed E-state index contributed by atoms with van der Waals surface area (Å²) in [6.07, 6.45) is -0.519. The van der Waals surface area contributed by atoms with Gasteiger partial charge in [-0.15, -0.1) is 0 Å². The molecule has 0 saturated heterocycles. The van der Waals surface area contributed by atoms with Gasteiger partial charge in [-0.3, -0.25) is 0 Å². The monoisotopic (exact) mass is 225 g/mol. The van der Waals surface area contributed by atoms with Crippen LogP contribution >= 0.6 is 0 Å². The Bertz CT molecular complexity index is 339. The first-order valence-electron chi connectivity index (χ1n) is 5.13. The van der Waals surface area contributed by atoms with Crippen LogP contribution < -0.4 is 9.47 Å². The molecule has 0 spiro atoms. The summed E-state index contributed by atoms with van der Waals surface area (Å²) in [4.78, 5) is 1.93. The highest BCUT2D eigenvalue weighted by atomic mass is 16.5. The Morgan fingerprint density at radius 3 is 2.31 bits per heavy atom. The van der Waals surface area contributed by atoms with E-state index in [9.17, 15) is 5.11 Å². The van der Waals surface area contributed by atoms with Gasteiger partial charge in [0.05, 0.1) is 20.3 Å². The maximum Gasteiger partial charge on any atom is 0.161 e. The van der Waals surface area contributed by atoms with Gasteiger partial charge in [0.25, 0.3) is 0 Å². The Kier molecular flexibility index (Phi) is 4.58. The zero-order valence-electron chi connectivity index (χ0n) is 10.2. The molecule has 0 aliphatic heterocycles. The molecule has 90 valence electrons. The highest BCUT2D eigenvalue weighted by Gasteiger charge is 2.12. The predicted octanol–water partition coefficient (Wildman–Crippen LogP) is 1.30. The molecule has 0 bridgehead atoms. The van der Waals surface area contributed by atoms with E-state index in [0.717, 1.165) is 5.56 Å². The van der Waals surface area contributed by atoms with E-state index in [-0.39, 0.29) is 0 Å². The van der Waals surface area contributed by atoms with Crippen molar-refractivity contribution >= 4 is 0 Å². The van der Waals surface area contributed by atoms with Crippen LogP contribution in [0.4, 0.5) is 0 Å². The Hall–Kier alpha value is -1.26. The molecule has 1 rings (SSSR count). The molecule has 1 aromatic carbocycles. The van der Waals surface area contributed by atoms with Crippen LogP contribution in [0.15, 0.2) is 18.2 Å². The first-order valence-corrected chi connectivity index (χ1v) is 5.13. The van der Waals surface area contributed by atoms with Crippen LogP contribution in [-0.4, -0.2) is 44.9 Å². The first-order chi connectivity index (χ1) is 7.58. The lowest BCUT2D eigenvalue weighted by Gasteiger charge is -2.17. The van der Waals surface area contributed by atoms with E-state index in [1.807, 2.05) is 25.1 Å². The number of nitrogens with zero attached hydrogens (tertiary/aromatic N) is 1. The molecule has 0 aliphatic rings. The molecule has 0 amide bonds. The second kappa shape index (κ2) is 5.72. The van der Waals surface area contributed by atoms with Crippen molar-refractivity contribution in [2.45, 2.75) is 6.10 Å². The molecular formula is C12H19NO3. The van der Waals surface area contributed by atoms with Crippen molar-refractivity contribution in [1.82, 2.24) is 4.90 Å². The summed E-state index contributed by atoms with van der Waals surface area (Å²) in [6, 6.07) is 5.44. The standard InChI is InChI=1S/C12H19NO3/c1-13(2)8-10(14)9-5-6-11(15-3)12(7-9)16-4/h5-7,10,14H,8H2,1-4H3/t10-/m1/s1. The molecule has 4 nitrogen and oxygen atoms in total. The highest BCUT2D eigenvalue weighted by Crippen LogP contribution is 2.29. The molecule has 0 fully saturated rings. The average Bonchev–Trinajstić information content (AvgIpc) is 2.27. The van der Waals surface area contributed by atoms with Gasteiger partial charge >= 0.3 is 0 Å². The maximum absolute atomic E-state index is 9.94. The normalized spacial score (nSPS) is 12.6. The molecule has 0 unspecified atom stereocenters. The molecule has 16 heavy (non-hydrogen) atoms. The van der Waals surface area contributed by atoms with Crippen molar-refractivity contribution in [3.8, 4) is 11.5 Å². The third kappa shape index (κ3) is 3.12. The van der Waals surface area contributed by atoms with Gasteiger partial charge in [0.2, 0.25) is 0 Å². The average molecular weight is 225 g/mol. The number of hydrogen-bond donors (Lipinski definition) is 1. The molecule has 1 aromatic rings. The van der Waals surface area contributed by atoms with Crippen molar-refractivity contribution < 1.29 is 14.6 Å². The van der Waals surface area contributed by atoms with Gasteiger partial charge in [-0.2, -0.15) is 0 Å². The van der Waals surface area contributed by atoms with Crippen LogP contribution in [0, 0.1) is 0 Å². The lowest BCUT2D eigenvalue weighted by Crippen LogP contribution is -2.20. The predicted molar refractivity (Wildman–Crippen MR) is 63.1 cm³/mol. The number of hydrogen-bond acceptors (Lipinski definition) is 4. The van der Waals surface area contributed by atoms with Gasteiger partial charge < -0.3 is 19.5 Å². The van der Waals surface area contributed by atoms with Crippen molar-refractivity contribution in [3.05, 3.63) is 23.8 Å². The van der Waals surface area contributed by atoms with Crippen LogP contribution in [0.5, 0.6) is 11.5 Å². The van der Waals surface area contributed by atoms with E-state index in [4.69, 9.17) is 9.47 Å². The summed E-state index contributed by atoms with van der Waals surface area (Å²) in [5, 5.41) is 9.94. The number of aliphatic hydroxyl groups excluding tert-OH is 1. The molecule has 0 aromatic heterocycles. The van der Waals surface area contributed by atoms with E-state index in [1.54, 1.807) is 26.4 Å². The Morgan fingerprint density at radius 1 is 1.19 bits per heavy atom. The summed E-state index contributed by atoms with van der Waals surface area (Å²) in [6.45, 7) is 0.579. The second-order valence-electron chi connectivity index (χ2n) is 3.89. The Morgan fingerprint density at radius 2 is 1.81 bits per heavy atom. The number of methoxy groups -OCH3 is 2. The van der Waals surface area contributed by atoms with Gasteiger partial charge in [-0.25, -0.2) is 0 Å². The molecular weight excluding hydrogens is 206 g/mol. The second-order valence-corrected chi connectivity index (χ2v) is 3.89. The van der Waals surface area contributed by atoms with E-state index in [2.05, 4.69) is 0 Å². The quantitative estimate of drug-likeness (QED) is 0.820. The lowest BCUT2D eigenvalue weighted by molar-refractivity contribution is 0.138. The molecule has 0 radical (unpaired) electrons. The fourth-order valence-corrected chi connectivity index (χ4v) is 1.51. The summed E-state index contributed by atoms with van der Waals surface area (Å²) >= 11 is 0. The number of rotatable bonds is 5. The summed E-state index contributed by atoms with van der Waals surface area (Å²) < 4.78 is 10.3. The zero-order valence-corrected chi connectivity index (χ0v) is 10.2. The Labute approximate surface area is 96.4 Å². The summed E-state index contributed by atoms with van der Waals surface area (Å²) in [5.74, 6) is 1.31. The minimum absolute atomic E-state index is 0.519. The molecule has 1 atom stereocenters. The summed E-state index contributed by atoms with van der Waals surface area (Å²) in [5.41, 5.74) is 0.825. The molecule has 0 heterocycles. The van der Waals surface area contributed by atoms with Crippen LogP contribution in [0.2, 0.25) is 0 Å². The van der Waals surface area contributed by atoms with Crippen molar-refractivity contribution in [2.24, 2.45) is 0 Å². The van der Waals surface area contributed by atoms with Crippen molar-refractivity contribution in [3.63, 3.8) is 0 Å². The van der Waals surface area contributed by atoms with Gasteiger partial charge in [-0.05, 0) is 31.8 Å². The SMILES string of the molecule is COc1ccc([C@H](O)CN(C)C)cc1OC. The van der Waals surface area contributed by atoms with Crippen LogP contribution in [0.25, 0.3) is 0 Å². The zero-order chi connectivity index (χ0) is 12.1. The van der Waals surface area contributed by atoms with E-state index in [1.165, 1.54) is 0 Å². The first kappa shape index (κ1) is 12.8. The largest absolute Gasteiger partial charge is 0.493 e. The number of likely N-dealkylation sites (N-methyl/N-ethyl adjacent to an activating group) is 1. The van der Waals surface area contributed by atoms with Crippen molar-refractivity contribution in [1.29, 1.82) is 0 Å². The van der Waals surface area contributed by atoms with E-state index in [0.29, 0.717) is 18.0 Å². The number of ether oxygens (including phenoxy) is 2. The van der Waals surface area contributed by atoms with E-state index < -0.39 is 6.10 Å². The van der Waals surface area contributed by atoms with Gasteiger partial charge in [0.1, 0.15) is 0 Å². The fraction of sp³-hybridized carbons (Fsp3) is 0.500. The molecule has 1 N–H and O–H groups in total.